The maximum atomic E-state index is 12.5. The molecule has 3 aromatic carbocycles. The zero-order valence-electron chi connectivity index (χ0n) is 22.6. The quantitative estimate of drug-likeness (QED) is 0.113. The number of non-ortho nitro benzene ring substituents is 1. The summed E-state index contributed by atoms with van der Waals surface area (Å²) in [6.07, 6.45) is 1.72. The molecule has 2 aromatic heterocycles. The van der Waals surface area contributed by atoms with Crippen LogP contribution in [0.4, 0.5) is 17.1 Å². The minimum absolute atomic E-state index is 0.0223. The standard InChI is InChI=1S/C32H25N5O5S/c38-29(20-41-25-9-2-1-3-10-25)34-22-12-14-23(15-13-22)36-31(30(35-32(36)43)26-11-4-5-18-33-26)28-17-16-27(42-28)21-7-6-8-24(19-21)37(39)40/h1-19,30-31H,20H2,(H,34,38)(H,35,43)/t30-,31-/m1/s1. The monoisotopic (exact) mass is 591 g/mol. The zero-order valence-corrected chi connectivity index (χ0v) is 23.4. The molecular formula is C32H25N5O5S. The van der Waals surface area contributed by atoms with E-state index in [1.807, 2.05) is 59.5 Å². The van der Waals surface area contributed by atoms with Crippen LogP contribution in [-0.4, -0.2) is 27.5 Å². The predicted molar refractivity (Wildman–Crippen MR) is 166 cm³/mol. The average molecular weight is 592 g/mol. The maximum Gasteiger partial charge on any atom is 0.270 e. The maximum absolute atomic E-state index is 12.5. The molecule has 0 saturated carbocycles. The number of nitrogens with one attached hydrogen (secondary N) is 2. The Hall–Kier alpha value is -5.55. The number of carbonyl (C=O) groups excluding carboxylic acids is 1. The molecule has 1 aliphatic rings. The van der Waals surface area contributed by atoms with Gasteiger partial charge in [-0.3, -0.25) is 19.9 Å². The molecule has 214 valence electrons. The third kappa shape index (κ3) is 6.07. The van der Waals surface area contributed by atoms with Gasteiger partial charge in [0.2, 0.25) is 0 Å². The van der Waals surface area contributed by atoms with Crippen molar-refractivity contribution in [3.63, 3.8) is 0 Å². The van der Waals surface area contributed by atoms with Gasteiger partial charge in [0, 0.05) is 35.3 Å². The number of furan rings is 1. The molecule has 10 nitrogen and oxygen atoms in total. The number of nitro groups is 1. The molecule has 2 N–H and O–H groups in total. The van der Waals surface area contributed by atoms with Crippen LogP contribution >= 0.6 is 12.2 Å². The summed E-state index contributed by atoms with van der Waals surface area (Å²) in [4.78, 5) is 29.8. The van der Waals surface area contributed by atoms with Crippen molar-refractivity contribution in [3.8, 4) is 17.1 Å². The van der Waals surface area contributed by atoms with Gasteiger partial charge >= 0.3 is 0 Å². The van der Waals surface area contributed by atoms with Gasteiger partial charge in [0.15, 0.2) is 11.7 Å². The number of carbonyl (C=O) groups is 1. The molecular weight excluding hydrogens is 566 g/mol. The van der Waals surface area contributed by atoms with E-state index in [-0.39, 0.29) is 24.2 Å². The predicted octanol–water partition coefficient (Wildman–Crippen LogP) is 6.44. The van der Waals surface area contributed by atoms with Crippen LogP contribution < -0.4 is 20.3 Å². The number of amides is 1. The molecule has 43 heavy (non-hydrogen) atoms. The van der Waals surface area contributed by atoms with Crippen LogP contribution in [0.3, 0.4) is 0 Å². The fourth-order valence-corrected chi connectivity index (χ4v) is 5.28. The molecule has 1 fully saturated rings. The van der Waals surface area contributed by atoms with Gasteiger partial charge in [0.1, 0.15) is 23.3 Å². The van der Waals surface area contributed by atoms with E-state index in [0.29, 0.717) is 33.6 Å². The summed E-state index contributed by atoms with van der Waals surface area (Å²) in [7, 11) is 0. The number of benzene rings is 3. The molecule has 0 aliphatic carbocycles. The summed E-state index contributed by atoms with van der Waals surface area (Å²) in [5.74, 6) is 1.42. The van der Waals surface area contributed by atoms with Crippen molar-refractivity contribution in [2.75, 3.05) is 16.8 Å². The molecule has 1 saturated heterocycles. The van der Waals surface area contributed by atoms with Crippen LogP contribution in [0.25, 0.3) is 11.3 Å². The summed E-state index contributed by atoms with van der Waals surface area (Å²) >= 11 is 5.79. The van der Waals surface area contributed by atoms with Crippen LogP contribution in [0.2, 0.25) is 0 Å². The van der Waals surface area contributed by atoms with Crippen molar-refractivity contribution in [2.45, 2.75) is 12.1 Å². The second-order valence-corrected chi connectivity index (χ2v) is 10.1. The zero-order chi connectivity index (χ0) is 29.8. The van der Waals surface area contributed by atoms with Crippen molar-refractivity contribution in [2.24, 2.45) is 0 Å². The SMILES string of the molecule is O=C(COc1ccccc1)Nc1ccc(N2C(=S)N[C@H](c3ccccn3)[C@H]2c2ccc(-c3cccc([N+](=O)[O-])c3)o2)cc1. The number of nitro benzene ring substituents is 1. The summed E-state index contributed by atoms with van der Waals surface area (Å²) in [6.45, 7) is -0.120. The Morgan fingerprint density at radius 2 is 1.79 bits per heavy atom. The van der Waals surface area contributed by atoms with E-state index in [1.54, 1.807) is 48.7 Å². The van der Waals surface area contributed by atoms with E-state index in [9.17, 15) is 14.9 Å². The molecule has 6 rings (SSSR count). The van der Waals surface area contributed by atoms with E-state index in [2.05, 4.69) is 15.6 Å². The lowest BCUT2D eigenvalue weighted by Crippen LogP contribution is -2.29. The number of pyridine rings is 1. The number of hydrogen-bond acceptors (Lipinski definition) is 7. The minimum atomic E-state index is -0.437. The second kappa shape index (κ2) is 12.1. The van der Waals surface area contributed by atoms with Crippen molar-refractivity contribution in [1.82, 2.24) is 10.3 Å². The number of anilines is 2. The van der Waals surface area contributed by atoms with Crippen LogP contribution in [0, 0.1) is 10.1 Å². The van der Waals surface area contributed by atoms with Gasteiger partial charge < -0.3 is 24.7 Å². The first-order valence-electron chi connectivity index (χ1n) is 13.4. The lowest BCUT2D eigenvalue weighted by atomic mass is 10.0. The first-order valence-corrected chi connectivity index (χ1v) is 13.8. The number of hydrogen-bond donors (Lipinski definition) is 2. The Kier molecular flexibility index (Phi) is 7.79. The molecule has 0 bridgehead atoms. The fraction of sp³-hybridized carbons (Fsp3) is 0.0938. The summed E-state index contributed by atoms with van der Waals surface area (Å²) in [5, 5.41) is 18.0. The summed E-state index contributed by atoms with van der Waals surface area (Å²) in [6, 6.07) is 31.3. The smallest absolute Gasteiger partial charge is 0.270 e. The minimum Gasteiger partial charge on any atom is -0.484 e. The third-order valence-corrected chi connectivity index (χ3v) is 7.21. The highest BCUT2D eigenvalue weighted by Gasteiger charge is 2.42. The molecule has 3 heterocycles. The van der Waals surface area contributed by atoms with Gasteiger partial charge in [0.05, 0.1) is 16.7 Å². The molecule has 1 aliphatic heterocycles. The van der Waals surface area contributed by atoms with Crippen molar-refractivity contribution in [1.29, 1.82) is 0 Å². The van der Waals surface area contributed by atoms with Crippen molar-refractivity contribution in [3.05, 3.63) is 137 Å². The Balaban J connectivity index is 1.26. The molecule has 0 unspecified atom stereocenters. The number of nitrogens with zero attached hydrogens (tertiary/aromatic N) is 3. The Bertz CT molecular complexity index is 1760. The van der Waals surface area contributed by atoms with Crippen LogP contribution in [0.5, 0.6) is 5.75 Å². The van der Waals surface area contributed by atoms with E-state index >= 15 is 0 Å². The summed E-state index contributed by atoms with van der Waals surface area (Å²) < 4.78 is 11.9. The van der Waals surface area contributed by atoms with Gasteiger partial charge in [0.25, 0.3) is 11.6 Å². The van der Waals surface area contributed by atoms with Crippen molar-refractivity contribution >= 4 is 40.3 Å². The second-order valence-electron chi connectivity index (χ2n) is 9.70. The molecule has 0 spiro atoms. The largest absolute Gasteiger partial charge is 0.484 e. The molecule has 2 atom stereocenters. The number of rotatable bonds is 9. The van der Waals surface area contributed by atoms with Gasteiger partial charge in [-0.25, -0.2) is 0 Å². The highest BCUT2D eigenvalue weighted by atomic mass is 32.1. The average Bonchev–Trinajstić information content (AvgIpc) is 3.66. The number of ether oxygens (including phenoxy) is 1. The lowest BCUT2D eigenvalue weighted by molar-refractivity contribution is -0.384. The van der Waals surface area contributed by atoms with E-state index in [0.717, 1.165) is 11.4 Å². The molecule has 5 aromatic rings. The summed E-state index contributed by atoms with van der Waals surface area (Å²) in [5.41, 5.74) is 2.71. The van der Waals surface area contributed by atoms with Crippen LogP contribution in [0.1, 0.15) is 23.5 Å². The van der Waals surface area contributed by atoms with Gasteiger partial charge in [-0.15, -0.1) is 0 Å². The Labute approximate surface area is 252 Å². The first-order chi connectivity index (χ1) is 21.0. The normalized spacial score (nSPS) is 16.0. The fourth-order valence-electron chi connectivity index (χ4n) is 4.93. The lowest BCUT2D eigenvalue weighted by Gasteiger charge is -2.26. The number of aromatic nitrogens is 1. The molecule has 1 amide bonds. The van der Waals surface area contributed by atoms with Gasteiger partial charge in [-0.1, -0.05) is 36.4 Å². The molecule has 0 radical (unpaired) electrons. The van der Waals surface area contributed by atoms with Crippen LogP contribution in [-0.2, 0) is 4.79 Å². The molecule has 11 heteroatoms. The first kappa shape index (κ1) is 27.6. The van der Waals surface area contributed by atoms with Crippen LogP contribution in [0.15, 0.2) is 120 Å². The number of para-hydroxylation sites is 1. The van der Waals surface area contributed by atoms with E-state index in [4.69, 9.17) is 21.4 Å². The Morgan fingerprint density at radius 1 is 1.00 bits per heavy atom. The van der Waals surface area contributed by atoms with E-state index in [1.165, 1.54) is 12.1 Å². The van der Waals surface area contributed by atoms with E-state index < -0.39 is 11.0 Å². The topological polar surface area (TPSA) is 123 Å². The van der Waals surface area contributed by atoms with Gasteiger partial charge in [-0.2, -0.15) is 0 Å². The number of thiocarbonyl (C=S) groups is 1. The van der Waals surface area contributed by atoms with Crippen molar-refractivity contribution < 1.29 is 18.9 Å². The Morgan fingerprint density at radius 3 is 2.53 bits per heavy atom. The van der Waals surface area contributed by atoms with Gasteiger partial charge in [-0.05, 0) is 72.9 Å². The highest BCUT2D eigenvalue weighted by molar-refractivity contribution is 7.80. The third-order valence-electron chi connectivity index (χ3n) is 6.90. The highest BCUT2D eigenvalue weighted by Crippen LogP contribution is 2.43.